The molecule has 0 radical (unpaired) electrons. The Kier molecular flexibility index (Phi) is 9.76. The molecular weight excluding hydrogens is 487 g/mol. The molecule has 8 heteroatoms. The van der Waals surface area contributed by atoms with Crippen LogP contribution in [0.3, 0.4) is 0 Å². The van der Waals surface area contributed by atoms with Crippen molar-refractivity contribution in [3.05, 3.63) is 45.5 Å². The third kappa shape index (κ3) is 6.75. The lowest BCUT2D eigenvalue weighted by Crippen LogP contribution is -2.46. The molecule has 0 bridgehead atoms. The van der Waals surface area contributed by atoms with Crippen molar-refractivity contribution >= 4 is 41.3 Å². The minimum Gasteiger partial charge on any atom is -0.465 e. The third-order valence-electron chi connectivity index (χ3n) is 4.57. The third-order valence-corrected chi connectivity index (χ3v) is 5.56. The molecule has 156 valence electrons. The van der Waals surface area contributed by atoms with Gasteiger partial charge in [0.25, 0.3) is 0 Å². The molecule has 0 aliphatic carbocycles. The van der Waals surface area contributed by atoms with E-state index in [1.807, 2.05) is 13.0 Å². The summed E-state index contributed by atoms with van der Waals surface area (Å²) in [5.74, 6) is 2.77. The Hall–Kier alpha value is -1.10. The van der Waals surface area contributed by atoms with E-state index >= 15 is 0 Å². The second kappa shape index (κ2) is 11.8. The van der Waals surface area contributed by atoms with Gasteiger partial charge in [0.15, 0.2) is 5.96 Å². The van der Waals surface area contributed by atoms with Gasteiger partial charge in [0.1, 0.15) is 11.5 Å². The summed E-state index contributed by atoms with van der Waals surface area (Å²) in [5.41, 5.74) is 0. The number of halogens is 1. The van der Waals surface area contributed by atoms with E-state index in [2.05, 4.69) is 47.6 Å². The van der Waals surface area contributed by atoms with Crippen LogP contribution in [0, 0.1) is 13.8 Å². The van der Waals surface area contributed by atoms with Gasteiger partial charge in [-0.25, -0.2) is 4.99 Å². The molecule has 3 rings (SSSR count). The Bertz CT molecular complexity index is 740. The van der Waals surface area contributed by atoms with Gasteiger partial charge in [-0.2, -0.15) is 0 Å². The van der Waals surface area contributed by atoms with Gasteiger partial charge in [-0.15, -0.1) is 35.3 Å². The molecule has 1 saturated heterocycles. The molecule has 1 unspecified atom stereocenters. The van der Waals surface area contributed by atoms with E-state index in [-0.39, 0.29) is 30.0 Å². The highest BCUT2D eigenvalue weighted by atomic mass is 127. The van der Waals surface area contributed by atoms with E-state index in [0.717, 1.165) is 56.9 Å². The maximum Gasteiger partial charge on any atom is 0.191 e. The zero-order valence-corrected chi connectivity index (χ0v) is 20.0. The molecule has 2 aromatic heterocycles. The Morgan fingerprint density at radius 3 is 2.57 bits per heavy atom. The van der Waals surface area contributed by atoms with Crippen LogP contribution in [-0.2, 0) is 11.3 Å². The molecule has 1 fully saturated rings. The van der Waals surface area contributed by atoms with E-state index in [9.17, 15) is 0 Å². The molecule has 6 nitrogen and oxygen atoms in total. The molecule has 2 aromatic rings. The van der Waals surface area contributed by atoms with E-state index in [1.165, 1.54) is 9.75 Å². The van der Waals surface area contributed by atoms with Crippen LogP contribution in [0.15, 0.2) is 33.7 Å². The van der Waals surface area contributed by atoms with Crippen molar-refractivity contribution in [1.82, 2.24) is 15.5 Å². The zero-order valence-electron chi connectivity index (χ0n) is 16.9. The average molecular weight is 518 g/mol. The van der Waals surface area contributed by atoms with E-state index in [4.69, 9.17) is 14.1 Å². The summed E-state index contributed by atoms with van der Waals surface area (Å²) >= 11 is 1.79. The number of thiophene rings is 1. The lowest BCUT2D eigenvalue weighted by molar-refractivity contribution is 0.0124. The molecule has 0 saturated carbocycles. The second-order valence-corrected chi connectivity index (χ2v) is 8.07. The van der Waals surface area contributed by atoms with Crippen molar-refractivity contribution < 1.29 is 9.15 Å². The summed E-state index contributed by atoms with van der Waals surface area (Å²) in [4.78, 5) is 9.75. The Balaban J connectivity index is 0.00000280. The molecule has 1 aliphatic heterocycles. The van der Waals surface area contributed by atoms with Gasteiger partial charge in [-0.1, -0.05) is 0 Å². The van der Waals surface area contributed by atoms with Gasteiger partial charge in [-0.3, -0.25) is 4.90 Å². The quantitative estimate of drug-likeness (QED) is 0.333. The number of ether oxygens (including phenoxy) is 1. The number of hydrogen-bond acceptors (Lipinski definition) is 5. The Morgan fingerprint density at radius 1 is 1.18 bits per heavy atom. The first-order valence-electron chi connectivity index (χ1n) is 9.61. The SMILES string of the molecule is CCNC(=NCc1ccc(C)s1)NCC(c1ccc(C)o1)N1CCOCC1.I. The smallest absolute Gasteiger partial charge is 0.191 e. The van der Waals surface area contributed by atoms with Crippen LogP contribution in [0.2, 0.25) is 0 Å². The first-order chi connectivity index (χ1) is 13.2. The van der Waals surface area contributed by atoms with Gasteiger partial charge in [0.2, 0.25) is 0 Å². The summed E-state index contributed by atoms with van der Waals surface area (Å²) in [5, 5.41) is 6.85. The number of rotatable bonds is 7. The summed E-state index contributed by atoms with van der Waals surface area (Å²) in [6.45, 7) is 11.8. The van der Waals surface area contributed by atoms with Gasteiger partial charge in [-0.05, 0) is 45.0 Å². The fourth-order valence-electron chi connectivity index (χ4n) is 3.19. The van der Waals surface area contributed by atoms with Crippen molar-refractivity contribution in [3.8, 4) is 0 Å². The average Bonchev–Trinajstić information content (AvgIpc) is 3.29. The van der Waals surface area contributed by atoms with Crippen LogP contribution in [0.4, 0.5) is 0 Å². The maximum absolute atomic E-state index is 5.94. The number of nitrogens with zero attached hydrogens (tertiary/aromatic N) is 2. The Morgan fingerprint density at radius 2 is 1.96 bits per heavy atom. The van der Waals surface area contributed by atoms with E-state index < -0.39 is 0 Å². The standard InChI is InChI=1S/C20H30N4O2S.HI/c1-4-21-20(22-13-17-7-6-16(3)27-17)23-14-18(19-8-5-15(2)26-19)24-9-11-25-12-10-24;/h5-8,18H,4,9-14H2,1-3H3,(H2,21,22,23);1H. The van der Waals surface area contributed by atoms with Crippen LogP contribution in [0.5, 0.6) is 0 Å². The predicted molar refractivity (Wildman–Crippen MR) is 126 cm³/mol. The number of guanidine groups is 1. The highest BCUT2D eigenvalue weighted by Gasteiger charge is 2.25. The molecule has 0 aromatic carbocycles. The minimum atomic E-state index is 0. The van der Waals surface area contributed by atoms with E-state index in [1.54, 1.807) is 11.3 Å². The van der Waals surface area contributed by atoms with Crippen LogP contribution < -0.4 is 10.6 Å². The van der Waals surface area contributed by atoms with Crippen molar-refractivity contribution in [3.63, 3.8) is 0 Å². The first kappa shape index (κ1) is 23.2. The fraction of sp³-hybridized carbons (Fsp3) is 0.550. The fourth-order valence-corrected chi connectivity index (χ4v) is 4.01. The summed E-state index contributed by atoms with van der Waals surface area (Å²) in [7, 11) is 0. The summed E-state index contributed by atoms with van der Waals surface area (Å²) < 4.78 is 11.5. The molecule has 28 heavy (non-hydrogen) atoms. The minimum absolute atomic E-state index is 0. The van der Waals surface area contributed by atoms with Crippen molar-refractivity contribution in [2.45, 2.75) is 33.4 Å². The van der Waals surface area contributed by atoms with Crippen LogP contribution in [0.25, 0.3) is 0 Å². The topological polar surface area (TPSA) is 62.0 Å². The van der Waals surface area contributed by atoms with Gasteiger partial charge >= 0.3 is 0 Å². The lowest BCUT2D eigenvalue weighted by Gasteiger charge is -2.33. The number of nitrogens with one attached hydrogen (secondary N) is 2. The number of hydrogen-bond donors (Lipinski definition) is 2. The van der Waals surface area contributed by atoms with Crippen molar-refractivity contribution in [1.29, 1.82) is 0 Å². The van der Waals surface area contributed by atoms with Crippen LogP contribution in [-0.4, -0.2) is 50.3 Å². The molecule has 0 spiro atoms. The van der Waals surface area contributed by atoms with Gasteiger partial charge in [0, 0.05) is 35.9 Å². The van der Waals surface area contributed by atoms with Crippen LogP contribution in [0.1, 0.15) is 34.2 Å². The molecule has 0 amide bonds. The van der Waals surface area contributed by atoms with Gasteiger partial charge < -0.3 is 19.8 Å². The molecule has 1 aliphatic rings. The Labute approximate surface area is 188 Å². The number of aliphatic imine (C=N–C) groups is 1. The number of morpholine rings is 1. The number of furan rings is 1. The normalized spacial score (nSPS) is 16.5. The maximum atomic E-state index is 5.94. The highest BCUT2D eigenvalue weighted by molar-refractivity contribution is 14.0. The molecule has 1 atom stereocenters. The lowest BCUT2D eigenvalue weighted by atomic mass is 10.1. The summed E-state index contributed by atoms with van der Waals surface area (Å²) in [6, 6.07) is 8.56. The molecule has 2 N–H and O–H groups in total. The van der Waals surface area contributed by atoms with Crippen molar-refractivity contribution in [2.75, 3.05) is 39.4 Å². The largest absolute Gasteiger partial charge is 0.465 e. The van der Waals surface area contributed by atoms with E-state index in [0.29, 0.717) is 6.54 Å². The monoisotopic (exact) mass is 518 g/mol. The summed E-state index contributed by atoms with van der Waals surface area (Å²) in [6.07, 6.45) is 0. The zero-order chi connectivity index (χ0) is 19.1. The predicted octanol–water partition coefficient (Wildman–Crippen LogP) is 3.70. The highest BCUT2D eigenvalue weighted by Crippen LogP contribution is 2.23. The number of aryl methyl sites for hydroxylation is 2. The second-order valence-electron chi connectivity index (χ2n) is 6.70. The van der Waals surface area contributed by atoms with Gasteiger partial charge in [0.05, 0.1) is 25.8 Å². The molecular formula is C20H31IN4O2S. The van der Waals surface area contributed by atoms with Crippen molar-refractivity contribution in [2.24, 2.45) is 4.99 Å². The molecule has 3 heterocycles. The first-order valence-corrected chi connectivity index (χ1v) is 10.4. The van der Waals surface area contributed by atoms with Crippen LogP contribution >= 0.6 is 35.3 Å².